The second-order valence-corrected chi connectivity index (χ2v) is 6.06. The van der Waals surface area contributed by atoms with Crippen molar-refractivity contribution < 1.29 is 19.7 Å². The van der Waals surface area contributed by atoms with Gasteiger partial charge in [0, 0.05) is 18.6 Å². The van der Waals surface area contributed by atoms with Crippen LogP contribution in [-0.2, 0) is 13.0 Å². The summed E-state index contributed by atoms with van der Waals surface area (Å²) in [5, 5.41) is 19.1. The van der Waals surface area contributed by atoms with Gasteiger partial charge in [-0.3, -0.25) is 0 Å². The lowest BCUT2D eigenvalue weighted by Crippen LogP contribution is -2.21. The molecule has 2 heterocycles. The maximum Gasteiger partial charge on any atom is 0.163 e. The number of aromatic nitrogens is 2. The van der Waals surface area contributed by atoms with Gasteiger partial charge >= 0.3 is 0 Å². The van der Waals surface area contributed by atoms with Crippen molar-refractivity contribution in [2.45, 2.75) is 38.3 Å². The number of ether oxygens (including phenoxy) is 2. The van der Waals surface area contributed by atoms with Crippen molar-refractivity contribution in [1.29, 1.82) is 0 Å². The van der Waals surface area contributed by atoms with Crippen LogP contribution in [0.4, 0.5) is 0 Å². The first kappa shape index (κ1) is 17.0. The minimum atomic E-state index is -0.821. The van der Waals surface area contributed by atoms with Crippen LogP contribution in [0.3, 0.4) is 0 Å². The zero-order valence-corrected chi connectivity index (χ0v) is 13.8. The van der Waals surface area contributed by atoms with Gasteiger partial charge in [-0.15, -0.1) is 0 Å². The van der Waals surface area contributed by atoms with E-state index in [9.17, 15) is 10.2 Å². The molecule has 0 saturated heterocycles. The first-order valence-electron chi connectivity index (χ1n) is 8.50. The molecule has 0 bridgehead atoms. The van der Waals surface area contributed by atoms with E-state index in [0.717, 1.165) is 42.5 Å². The third-order valence-corrected chi connectivity index (χ3v) is 4.20. The number of nitrogens with zero attached hydrogens (tertiary/aromatic N) is 2. The number of hydrogen-bond donors (Lipinski definition) is 3. The first-order chi connectivity index (χ1) is 11.7. The average Bonchev–Trinajstić information content (AvgIpc) is 2.93. The largest absolute Gasteiger partial charge is 0.486 e. The van der Waals surface area contributed by atoms with Gasteiger partial charge in [0.2, 0.25) is 0 Å². The van der Waals surface area contributed by atoms with Crippen molar-refractivity contribution in [3.8, 4) is 11.5 Å². The van der Waals surface area contributed by atoms with Gasteiger partial charge in [-0.2, -0.15) is 0 Å². The fourth-order valence-electron chi connectivity index (χ4n) is 2.98. The van der Waals surface area contributed by atoms with Crippen LogP contribution in [0.25, 0.3) is 11.0 Å². The minimum absolute atomic E-state index is 0.281. The van der Waals surface area contributed by atoms with Gasteiger partial charge < -0.3 is 30.0 Å². The standard InChI is InChI=1S/C17H25N3O4/c18-5-3-1-2-4-17-19-13-8-15-16(24-7-6-23-15)9-14(13)20(17)10-12(22)11-21/h8-9,12,21-22H,1-7,10-11,18H2. The molecule has 0 spiro atoms. The summed E-state index contributed by atoms with van der Waals surface area (Å²) in [6.45, 7) is 1.78. The number of benzene rings is 1. The third kappa shape index (κ3) is 3.63. The Kier molecular flexibility index (Phi) is 5.55. The Morgan fingerprint density at radius 3 is 2.62 bits per heavy atom. The van der Waals surface area contributed by atoms with Gasteiger partial charge in [0.15, 0.2) is 11.5 Å². The molecule has 0 saturated carbocycles. The number of hydrogen-bond acceptors (Lipinski definition) is 6. The maximum absolute atomic E-state index is 9.89. The van der Waals surface area contributed by atoms with Gasteiger partial charge in [-0.1, -0.05) is 6.42 Å². The van der Waals surface area contributed by atoms with Gasteiger partial charge in [-0.05, 0) is 19.4 Å². The molecule has 2 aromatic rings. The second kappa shape index (κ2) is 7.83. The van der Waals surface area contributed by atoms with Crippen LogP contribution in [0.2, 0.25) is 0 Å². The molecule has 132 valence electrons. The van der Waals surface area contributed by atoms with Crippen LogP contribution in [0.5, 0.6) is 11.5 Å². The highest BCUT2D eigenvalue weighted by Crippen LogP contribution is 2.35. The molecule has 1 aromatic carbocycles. The van der Waals surface area contributed by atoms with Gasteiger partial charge in [-0.25, -0.2) is 4.98 Å². The lowest BCUT2D eigenvalue weighted by molar-refractivity contribution is 0.0814. The number of imidazole rings is 1. The number of aliphatic hydroxyl groups excluding tert-OH is 2. The van der Waals surface area contributed by atoms with Crippen molar-refractivity contribution in [3.05, 3.63) is 18.0 Å². The van der Waals surface area contributed by atoms with E-state index in [-0.39, 0.29) is 6.61 Å². The van der Waals surface area contributed by atoms with Crippen LogP contribution in [0.15, 0.2) is 12.1 Å². The number of aliphatic hydroxyl groups is 2. The Balaban J connectivity index is 1.93. The number of nitrogens with two attached hydrogens (primary N) is 1. The fourth-order valence-corrected chi connectivity index (χ4v) is 2.98. The highest BCUT2D eigenvalue weighted by Gasteiger charge is 2.19. The molecular weight excluding hydrogens is 310 g/mol. The lowest BCUT2D eigenvalue weighted by Gasteiger charge is -2.18. The van der Waals surface area contributed by atoms with Crippen LogP contribution in [-0.4, -0.2) is 52.2 Å². The van der Waals surface area contributed by atoms with Gasteiger partial charge in [0.1, 0.15) is 19.0 Å². The zero-order valence-electron chi connectivity index (χ0n) is 13.8. The van der Waals surface area contributed by atoms with Crippen molar-refractivity contribution in [2.24, 2.45) is 5.73 Å². The van der Waals surface area contributed by atoms with E-state index in [0.29, 0.717) is 37.8 Å². The van der Waals surface area contributed by atoms with Crippen molar-refractivity contribution in [2.75, 3.05) is 26.4 Å². The number of aryl methyl sites for hydroxylation is 1. The second-order valence-electron chi connectivity index (χ2n) is 6.06. The Morgan fingerprint density at radius 1 is 1.17 bits per heavy atom. The first-order valence-corrected chi connectivity index (χ1v) is 8.50. The number of unbranched alkanes of at least 4 members (excludes halogenated alkanes) is 2. The highest BCUT2D eigenvalue weighted by atomic mass is 16.6. The molecule has 1 atom stereocenters. The smallest absolute Gasteiger partial charge is 0.163 e. The van der Waals surface area contributed by atoms with E-state index in [1.54, 1.807) is 0 Å². The molecular formula is C17H25N3O4. The Labute approximate surface area is 141 Å². The molecule has 3 rings (SSSR count). The van der Waals surface area contributed by atoms with E-state index in [4.69, 9.17) is 20.2 Å². The molecule has 4 N–H and O–H groups in total. The minimum Gasteiger partial charge on any atom is -0.486 e. The molecule has 1 unspecified atom stereocenters. The van der Waals surface area contributed by atoms with E-state index in [1.165, 1.54) is 0 Å². The SMILES string of the molecule is NCCCCCc1nc2cc3c(cc2n1CC(O)CO)OCCO3. The van der Waals surface area contributed by atoms with E-state index in [1.807, 2.05) is 16.7 Å². The Hall–Kier alpha value is -1.83. The summed E-state index contributed by atoms with van der Waals surface area (Å²) < 4.78 is 13.2. The molecule has 24 heavy (non-hydrogen) atoms. The lowest BCUT2D eigenvalue weighted by atomic mass is 10.2. The molecule has 0 amide bonds. The topological polar surface area (TPSA) is 103 Å². The van der Waals surface area contributed by atoms with Gasteiger partial charge in [0.05, 0.1) is 30.3 Å². The van der Waals surface area contributed by atoms with Crippen LogP contribution < -0.4 is 15.2 Å². The molecule has 0 aliphatic carbocycles. The summed E-state index contributed by atoms with van der Waals surface area (Å²) >= 11 is 0. The molecule has 1 aliphatic heterocycles. The molecule has 0 fully saturated rings. The number of rotatable bonds is 8. The Bertz CT molecular complexity index is 686. The maximum atomic E-state index is 9.89. The van der Waals surface area contributed by atoms with Crippen molar-refractivity contribution in [3.63, 3.8) is 0 Å². The predicted octanol–water partition coefficient (Wildman–Crippen LogP) is 0.832. The predicted molar refractivity (Wildman–Crippen MR) is 90.4 cm³/mol. The summed E-state index contributed by atoms with van der Waals surface area (Å²) in [7, 11) is 0. The highest BCUT2D eigenvalue weighted by molar-refractivity contribution is 5.80. The molecule has 1 aromatic heterocycles. The summed E-state index contributed by atoms with van der Waals surface area (Å²) in [5.74, 6) is 2.30. The summed E-state index contributed by atoms with van der Waals surface area (Å²) in [5.41, 5.74) is 7.25. The van der Waals surface area contributed by atoms with E-state index >= 15 is 0 Å². The Morgan fingerprint density at radius 2 is 1.92 bits per heavy atom. The van der Waals surface area contributed by atoms with Gasteiger partial charge in [0.25, 0.3) is 0 Å². The van der Waals surface area contributed by atoms with Crippen molar-refractivity contribution >= 4 is 11.0 Å². The fraction of sp³-hybridized carbons (Fsp3) is 0.588. The van der Waals surface area contributed by atoms with Crippen molar-refractivity contribution in [1.82, 2.24) is 9.55 Å². The monoisotopic (exact) mass is 335 g/mol. The zero-order chi connectivity index (χ0) is 16.9. The molecule has 7 heteroatoms. The van der Waals surface area contributed by atoms with Crippen LogP contribution >= 0.6 is 0 Å². The van der Waals surface area contributed by atoms with E-state index < -0.39 is 6.10 Å². The summed E-state index contributed by atoms with van der Waals surface area (Å²) in [4.78, 5) is 4.71. The summed E-state index contributed by atoms with van der Waals surface area (Å²) in [6.07, 6.45) is 3.01. The van der Waals surface area contributed by atoms with Crippen LogP contribution in [0, 0.1) is 0 Å². The molecule has 1 aliphatic rings. The summed E-state index contributed by atoms with van der Waals surface area (Å²) in [6, 6.07) is 3.79. The average molecular weight is 335 g/mol. The molecule has 0 radical (unpaired) electrons. The quantitative estimate of drug-likeness (QED) is 0.618. The van der Waals surface area contributed by atoms with Crippen LogP contribution in [0.1, 0.15) is 25.1 Å². The molecule has 7 nitrogen and oxygen atoms in total. The third-order valence-electron chi connectivity index (χ3n) is 4.20. The number of fused-ring (bicyclic) bond motifs is 2. The normalized spacial score (nSPS) is 15.0. The van der Waals surface area contributed by atoms with E-state index in [2.05, 4.69) is 0 Å².